The van der Waals surface area contributed by atoms with Gasteiger partial charge in [0.25, 0.3) is 0 Å². The van der Waals surface area contributed by atoms with E-state index < -0.39 is 0 Å². The lowest BCUT2D eigenvalue weighted by Crippen LogP contribution is -2.29. The monoisotopic (exact) mass is 278 g/mol. The first-order chi connectivity index (χ1) is 9.30. The fourth-order valence-corrected chi connectivity index (χ4v) is 2.03. The summed E-state index contributed by atoms with van der Waals surface area (Å²) in [4.78, 5) is 2.17. The van der Waals surface area contributed by atoms with Crippen LogP contribution >= 0.6 is 0 Å². The van der Waals surface area contributed by atoms with E-state index in [0.717, 1.165) is 25.4 Å². The first kappa shape index (κ1) is 17.0. The Labute approximate surface area is 124 Å². The van der Waals surface area contributed by atoms with Gasteiger partial charge in [-0.1, -0.05) is 32.9 Å². The average Bonchev–Trinajstić information content (AvgIpc) is 2.31. The largest absolute Gasteiger partial charge is 0.492 e. The molecule has 1 N–H and O–H groups in total. The predicted octanol–water partition coefficient (Wildman–Crippen LogP) is 2.82. The van der Waals surface area contributed by atoms with Crippen LogP contribution in [0.5, 0.6) is 5.75 Å². The highest BCUT2D eigenvalue weighted by Crippen LogP contribution is 2.31. The fourth-order valence-electron chi connectivity index (χ4n) is 2.03. The third-order valence-electron chi connectivity index (χ3n) is 3.22. The molecule has 0 saturated heterocycles. The molecule has 0 saturated carbocycles. The third kappa shape index (κ3) is 5.93. The summed E-state index contributed by atoms with van der Waals surface area (Å²) in [6.07, 6.45) is 0. The fraction of sp³-hybridized carbons (Fsp3) is 0.647. The molecule has 0 aliphatic rings. The third-order valence-corrected chi connectivity index (χ3v) is 3.22. The molecule has 0 aromatic heterocycles. The van der Waals surface area contributed by atoms with E-state index in [0.29, 0.717) is 6.61 Å². The molecule has 0 bridgehead atoms. The predicted molar refractivity (Wildman–Crippen MR) is 86.8 cm³/mol. The molecule has 3 nitrogen and oxygen atoms in total. The van der Waals surface area contributed by atoms with Gasteiger partial charge in [-0.05, 0) is 43.6 Å². The number of nitrogens with zero attached hydrogens (tertiary/aromatic N) is 1. The normalized spacial score (nSPS) is 11.9. The van der Waals surface area contributed by atoms with Crippen molar-refractivity contribution in [2.75, 3.05) is 40.3 Å². The molecule has 0 amide bonds. The summed E-state index contributed by atoms with van der Waals surface area (Å²) in [5.74, 6) is 1.02. The molecule has 1 aromatic carbocycles. The Morgan fingerprint density at radius 2 is 1.85 bits per heavy atom. The highest BCUT2D eigenvalue weighted by Gasteiger charge is 2.18. The van der Waals surface area contributed by atoms with Crippen LogP contribution in [-0.2, 0) is 5.41 Å². The Kier molecular flexibility index (Phi) is 6.50. The van der Waals surface area contributed by atoms with Crippen LogP contribution in [0.3, 0.4) is 0 Å². The van der Waals surface area contributed by atoms with E-state index in [1.54, 1.807) is 0 Å². The van der Waals surface area contributed by atoms with Crippen LogP contribution in [0.2, 0.25) is 0 Å². The first-order valence-electron chi connectivity index (χ1n) is 7.40. The maximum atomic E-state index is 5.98. The van der Waals surface area contributed by atoms with E-state index in [2.05, 4.69) is 70.2 Å². The van der Waals surface area contributed by atoms with Gasteiger partial charge in [-0.2, -0.15) is 0 Å². The molecule has 0 fully saturated rings. The van der Waals surface area contributed by atoms with Gasteiger partial charge in [0.15, 0.2) is 0 Å². The molecule has 1 rings (SSSR count). The number of hydrogen-bond acceptors (Lipinski definition) is 3. The summed E-state index contributed by atoms with van der Waals surface area (Å²) in [5, 5.41) is 3.39. The second-order valence-electron chi connectivity index (χ2n) is 6.65. The zero-order chi connectivity index (χ0) is 15.2. The van der Waals surface area contributed by atoms with Crippen LogP contribution in [0.1, 0.15) is 31.9 Å². The number of aryl methyl sites for hydroxylation is 1. The van der Waals surface area contributed by atoms with Crippen molar-refractivity contribution in [2.45, 2.75) is 33.1 Å². The zero-order valence-electron chi connectivity index (χ0n) is 13.9. The highest BCUT2D eigenvalue weighted by molar-refractivity contribution is 5.41. The molecule has 3 heteroatoms. The molecule has 114 valence electrons. The van der Waals surface area contributed by atoms with Crippen LogP contribution in [0, 0.1) is 6.92 Å². The van der Waals surface area contributed by atoms with E-state index in [1.807, 2.05) is 0 Å². The number of benzene rings is 1. The topological polar surface area (TPSA) is 24.5 Å². The summed E-state index contributed by atoms with van der Waals surface area (Å²) in [5.41, 5.74) is 2.63. The molecular weight excluding hydrogens is 248 g/mol. The smallest absolute Gasteiger partial charge is 0.123 e. The van der Waals surface area contributed by atoms with Crippen LogP contribution in [0.4, 0.5) is 0 Å². The van der Waals surface area contributed by atoms with Crippen molar-refractivity contribution in [2.24, 2.45) is 0 Å². The van der Waals surface area contributed by atoms with Gasteiger partial charge in [-0.15, -0.1) is 0 Å². The summed E-state index contributed by atoms with van der Waals surface area (Å²) >= 11 is 0. The van der Waals surface area contributed by atoms with E-state index in [9.17, 15) is 0 Å². The molecule has 0 heterocycles. The second-order valence-corrected chi connectivity index (χ2v) is 6.65. The van der Waals surface area contributed by atoms with Crippen LogP contribution in [0.15, 0.2) is 18.2 Å². The van der Waals surface area contributed by atoms with Crippen LogP contribution < -0.4 is 10.1 Å². The lowest BCUT2D eigenvalue weighted by Gasteiger charge is -2.23. The molecule has 1 aromatic rings. The standard InChI is InChI=1S/C17H30N2O/c1-14-7-8-15(17(2,3)4)16(13-14)20-12-10-18-9-11-19(5)6/h7-8,13,18H,9-12H2,1-6H3. The minimum Gasteiger partial charge on any atom is -0.492 e. The molecule has 0 aliphatic carbocycles. The van der Waals surface area contributed by atoms with E-state index in [-0.39, 0.29) is 5.41 Å². The van der Waals surface area contributed by atoms with Gasteiger partial charge >= 0.3 is 0 Å². The van der Waals surface area contributed by atoms with Gasteiger partial charge in [0, 0.05) is 19.6 Å². The lowest BCUT2D eigenvalue weighted by atomic mass is 9.86. The van der Waals surface area contributed by atoms with Gasteiger partial charge in [0.2, 0.25) is 0 Å². The average molecular weight is 278 g/mol. The lowest BCUT2D eigenvalue weighted by molar-refractivity contribution is 0.301. The van der Waals surface area contributed by atoms with Crippen LogP contribution in [0.25, 0.3) is 0 Å². The van der Waals surface area contributed by atoms with Gasteiger partial charge in [0.1, 0.15) is 12.4 Å². The highest BCUT2D eigenvalue weighted by atomic mass is 16.5. The Hall–Kier alpha value is -1.06. The van der Waals surface area contributed by atoms with E-state index >= 15 is 0 Å². The summed E-state index contributed by atoms with van der Waals surface area (Å²) in [7, 11) is 4.17. The van der Waals surface area contributed by atoms with Gasteiger partial charge in [0.05, 0.1) is 0 Å². The number of hydrogen-bond donors (Lipinski definition) is 1. The Balaban J connectivity index is 2.49. The van der Waals surface area contributed by atoms with Gasteiger partial charge in [-0.25, -0.2) is 0 Å². The van der Waals surface area contributed by atoms with Crippen LogP contribution in [-0.4, -0.2) is 45.2 Å². The van der Waals surface area contributed by atoms with Gasteiger partial charge < -0.3 is 15.0 Å². The van der Waals surface area contributed by atoms with Crippen molar-refractivity contribution in [3.8, 4) is 5.75 Å². The summed E-state index contributed by atoms with van der Waals surface area (Å²) in [6.45, 7) is 12.4. The van der Waals surface area contributed by atoms with Crippen molar-refractivity contribution in [3.63, 3.8) is 0 Å². The minimum absolute atomic E-state index is 0.112. The quantitative estimate of drug-likeness (QED) is 0.776. The number of likely N-dealkylation sites (N-methyl/N-ethyl adjacent to an activating group) is 1. The molecule has 20 heavy (non-hydrogen) atoms. The Bertz CT molecular complexity index is 408. The number of nitrogens with one attached hydrogen (secondary N) is 1. The van der Waals surface area contributed by atoms with Crippen molar-refractivity contribution in [3.05, 3.63) is 29.3 Å². The summed E-state index contributed by atoms with van der Waals surface area (Å²) in [6, 6.07) is 6.48. The Morgan fingerprint density at radius 1 is 1.15 bits per heavy atom. The first-order valence-corrected chi connectivity index (χ1v) is 7.40. The zero-order valence-corrected chi connectivity index (χ0v) is 13.9. The molecule has 0 spiro atoms. The van der Waals surface area contributed by atoms with Crippen molar-refractivity contribution in [1.29, 1.82) is 0 Å². The van der Waals surface area contributed by atoms with Crippen molar-refractivity contribution in [1.82, 2.24) is 10.2 Å². The van der Waals surface area contributed by atoms with E-state index in [4.69, 9.17) is 4.74 Å². The molecule has 0 atom stereocenters. The van der Waals surface area contributed by atoms with Crippen molar-refractivity contribution >= 4 is 0 Å². The Morgan fingerprint density at radius 3 is 2.45 bits per heavy atom. The molecular formula is C17H30N2O. The number of ether oxygens (including phenoxy) is 1. The maximum absolute atomic E-state index is 5.98. The second kappa shape index (κ2) is 7.65. The summed E-state index contributed by atoms with van der Waals surface area (Å²) < 4.78 is 5.98. The molecule has 0 unspecified atom stereocenters. The molecule has 0 radical (unpaired) electrons. The molecule has 0 aliphatic heterocycles. The number of rotatable bonds is 7. The van der Waals surface area contributed by atoms with Crippen molar-refractivity contribution < 1.29 is 4.74 Å². The SMILES string of the molecule is Cc1ccc(C(C)(C)C)c(OCCNCCN(C)C)c1. The maximum Gasteiger partial charge on any atom is 0.123 e. The minimum atomic E-state index is 0.112. The van der Waals surface area contributed by atoms with Gasteiger partial charge in [-0.3, -0.25) is 0 Å². The van der Waals surface area contributed by atoms with E-state index in [1.165, 1.54) is 11.1 Å².